The molecule has 7 nitrogen and oxygen atoms in total. The number of hydrogen-bond donors (Lipinski definition) is 2. The van der Waals surface area contributed by atoms with Gasteiger partial charge in [0.15, 0.2) is 0 Å². The average molecular weight is 421 g/mol. The monoisotopic (exact) mass is 420 g/mol. The second-order valence-electron chi connectivity index (χ2n) is 8.02. The number of rotatable bonds is 6. The van der Waals surface area contributed by atoms with Crippen LogP contribution in [0.2, 0.25) is 0 Å². The van der Waals surface area contributed by atoms with Crippen LogP contribution in [0.25, 0.3) is 0 Å². The maximum Gasteiger partial charge on any atom is 0.251 e. The van der Waals surface area contributed by atoms with Crippen molar-refractivity contribution in [3.8, 4) is 0 Å². The zero-order chi connectivity index (χ0) is 21.6. The van der Waals surface area contributed by atoms with Gasteiger partial charge in [0, 0.05) is 48.7 Å². The Balaban J connectivity index is 1.25. The molecule has 4 rings (SSSR count). The Kier molecular flexibility index (Phi) is 6.50. The molecule has 162 valence electrons. The Hall–Kier alpha value is -3.35. The van der Waals surface area contributed by atoms with E-state index in [9.17, 15) is 14.4 Å². The fourth-order valence-electron chi connectivity index (χ4n) is 4.09. The molecular formula is C24H28N4O3. The third kappa shape index (κ3) is 5.23. The molecule has 2 fully saturated rings. The van der Waals surface area contributed by atoms with E-state index in [0.717, 1.165) is 25.2 Å². The number of hydrogen-bond acceptors (Lipinski definition) is 4. The predicted molar refractivity (Wildman–Crippen MR) is 121 cm³/mol. The van der Waals surface area contributed by atoms with Crippen LogP contribution in [-0.4, -0.2) is 43.9 Å². The largest absolute Gasteiger partial charge is 0.372 e. The molecule has 0 aromatic heterocycles. The van der Waals surface area contributed by atoms with E-state index in [1.807, 2.05) is 24.3 Å². The first-order valence-corrected chi connectivity index (χ1v) is 10.9. The van der Waals surface area contributed by atoms with Crippen LogP contribution in [0.3, 0.4) is 0 Å². The van der Waals surface area contributed by atoms with Gasteiger partial charge >= 0.3 is 0 Å². The van der Waals surface area contributed by atoms with Crippen LogP contribution >= 0.6 is 0 Å². The number of carbonyl (C=O) groups excluding carboxylic acids is 3. The molecule has 0 spiro atoms. The summed E-state index contributed by atoms with van der Waals surface area (Å²) in [5, 5.41) is 5.45. The number of piperidine rings is 1. The van der Waals surface area contributed by atoms with Gasteiger partial charge in [-0.1, -0.05) is 0 Å². The summed E-state index contributed by atoms with van der Waals surface area (Å²) in [6.07, 6.45) is 5.16. The molecular weight excluding hydrogens is 392 g/mol. The number of carbonyl (C=O) groups is 3. The normalized spacial score (nSPS) is 16.3. The molecule has 2 N–H and O–H groups in total. The molecule has 0 radical (unpaired) electrons. The standard InChI is InChI=1S/C24H28N4O3/c29-22(26-19-8-12-20(13-9-19)27-14-2-1-3-15-27)17-25-24(31)18-6-10-21(11-7-18)28-16-4-5-23(28)30/h6-13H,1-5,14-17H2,(H,25,31)(H,26,29). The van der Waals surface area contributed by atoms with E-state index in [1.54, 1.807) is 29.2 Å². The maximum absolute atomic E-state index is 12.3. The van der Waals surface area contributed by atoms with Crippen LogP contribution in [0.1, 0.15) is 42.5 Å². The SMILES string of the molecule is O=C(CNC(=O)c1ccc(N2CCCC2=O)cc1)Nc1ccc(N2CCCCC2)cc1. The molecule has 3 amide bonds. The van der Waals surface area contributed by atoms with Gasteiger partial charge in [0.2, 0.25) is 11.8 Å². The van der Waals surface area contributed by atoms with Crippen LogP contribution in [0, 0.1) is 0 Å². The number of amides is 3. The van der Waals surface area contributed by atoms with Crippen LogP contribution in [-0.2, 0) is 9.59 Å². The van der Waals surface area contributed by atoms with Crippen molar-refractivity contribution in [1.82, 2.24) is 5.32 Å². The Morgan fingerprint density at radius 3 is 2.13 bits per heavy atom. The molecule has 2 aromatic rings. The van der Waals surface area contributed by atoms with Gasteiger partial charge in [-0.25, -0.2) is 0 Å². The summed E-state index contributed by atoms with van der Waals surface area (Å²) in [5.41, 5.74) is 3.13. The lowest BCUT2D eigenvalue weighted by Crippen LogP contribution is -2.33. The molecule has 2 aliphatic rings. The summed E-state index contributed by atoms with van der Waals surface area (Å²) in [6.45, 7) is 2.75. The highest BCUT2D eigenvalue weighted by Gasteiger charge is 2.21. The van der Waals surface area contributed by atoms with E-state index >= 15 is 0 Å². The van der Waals surface area contributed by atoms with Gasteiger partial charge in [-0.15, -0.1) is 0 Å². The summed E-state index contributed by atoms with van der Waals surface area (Å²) >= 11 is 0. The van der Waals surface area contributed by atoms with Gasteiger partial charge in [0.25, 0.3) is 5.91 Å². The first-order valence-electron chi connectivity index (χ1n) is 10.9. The minimum atomic E-state index is -0.324. The van der Waals surface area contributed by atoms with E-state index in [2.05, 4.69) is 15.5 Å². The minimum Gasteiger partial charge on any atom is -0.372 e. The number of nitrogens with zero attached hydrogens (tertiary/aromatic N) is 2. The van der Waals surface area contributed by atoms with Gasteiger partial charge in [0.1, 0.15) is 0 Å². The molecule has 0 unspecified atom stereocenters. The van der Waals surface area contributed by atoms with E-state index < -0.39 is 0 Å². The predicted octanol–water partition coefficient (Wildman–Crippen LogP) is 3.17. The van der Waals surface area contributed by atoms with Gasteiger partial charge in [-0.05, 0) is 74.2 Å². The lowest BCUT2D eigenvalue weighted by molar-refractivity contribution is -0.117. The van der Waals surface area contributed by atoms with Crippen molar-refractivity contribution in [2.24, 2.45) is 0 Å². The Labute approximate surface area is 182 Å². The number of benzene rings is 2. The van der Waals surface area contributed by atoms with Gasteiger partial charge < -0.3 is 20.4 Å². The molecule has 7 heteroatoms. The van der Waals surface area contributed by atoms with Crippen LogP contribution < -0.4 is 20.4 Å². The Morgan fingerprint density at radius 2 is 1.48 bits per heavy atom. The maximum atomic E-state index is 12.3. The topological polar surface area (TPSA) is 81.8 Å². The van der Waals surface area contributed by atoms with Crippen LogP contribution in [0.5, 0.6) is 0 Å². The molecule has 2 saturated heterocycles. The summed E-state index contributed by atoms with van der Waals surface area (Å²) in [6, 6.07) is 14.7. The molecule has 2 aromatic carbocycles. The first-order chi connectivity index (χ1) is 15.1. The van der Waals surface area contributed by atoms with Crippen molar-refractivity contribution in [3.63, 3.8) is 0 Å². The molecule has 0 saturated carbocycles. The second kappa shape index (κ2) is 9.64. The summed E-state index contributed by atoms with van der Waals surface area (Å²) in [4.78, 5) is 40.5. The van der Waals surface area contributed by atoms with Gasteiger partial charge in [-0.3, -0.25) is 14.4 Å². The third-order valence-corrected chi connectivity index (χ3v) is 5.80. The summed E-state index contributed by atoms with van der Waals surface area (Å²) in [5.74, 6) is -0.494. The van der Waals surface area contributed by atoms with Crippen molar-refractivity contribution < 1.29 is 14.4 Å². The van der Waals surface area contributed by atoms with Crippen molar-refractivity contribution in [3.05, 3.63) is 54.1 Å². The van der Waals surface area contributed by atoms with Crippen LogP contribution in [0.4, 0.5) is 17.1 Å². The average Bonchev–Trinajstić information content (AvgIpc) is 3.24. The van der Waals surface area contributed by atoms with Crippen molar-refractivity contribution in [2.75, 3.05) is 41.3 Å². The molecule has 31 heavy (non-hydrogen) atoms. The van der Waals surface area contributed by atoms with Crippen molar-refractivity contribution in [2.45, 2.75) is 32.1 Å². The smallest absolute Gasteiger partial charge is 0.251 e. The molecule has 0 aliphatic carbocycles. The van der Waals surface area contributed by atoms with E-state index in [0.29, 0.717) is 24.2 Å². The summed E-state index contributed by atoms with van der Waals surface area (Å²) in [7, 11) is 0. The molecule has 2 aliphatic heterocycles. The highest BCUT2D eigenvalue weighted by molar-refractivity contribution is 6.00. The van der Waals surface area contributed by atoms with Crippen molar-refractivity contribution >= 4 is 34.8 Å². The lowest BCUT2D eigenvalue weighted by Gasteiger charge is -2.28. The zero-order valence-electron chi connectivity index (χ0n) is 17.6. The third-order valence-electron chi connectivity index (χ3n) is 5.80. The molecule has 0 bridgehead atoms. The van der Waals surface area contributed by atoms with Crippen molar-refractivity contribution in [1.29, 1.82) is 0 Å². The van der Waals surface area contributed by atoms with E-state index in [-0.39, 0.29) is 24.3 Å². The quantitative estimate of drug-likeness (QED) is 0.752. The number of anilines is 3. The summed E-state index contributed by atoms with van der Waals surface area (Å²) < 4.78 is 0. The Bertz CT molecular complexity index is 934. The molecule has 2 heterocycles. The fourth-order valence-corrected chi connectivity index (χ4v) is 4.09. The zero-order valence-corrected chi connectivity index (χ0v) is 17.6. The number of nitrogens with one attached hydrogen (secondary N) is 2. The van der Waals surface area contributed by atoms with Gasteiger partial charge in [0.05, 0.1) is 6.54 Å². The minimum absolute atomic E-state index is 0.109. The highest BCUT2D eigenvalue weighted by atomic mass is 16.2. The lowest BCUT2D eigenvalue weighted by atomic mass is 10.1. The van der Waals surface area contributed by atoms with Crippen LogP contribution in [0.15, 0.2) is 48.5 Å². The highest BCUT2D eigenvalue weighted by Crippen LogP contribution is 2.22. The second-order valence-corrected chi connectivity index (χ2v) is 8.02. The molecule has 0 atom stereocenters. The van der Waals surface area contributed by atoms with E-state index in [1.165, 1.54) is 24.9 Å². The fraction of sp³-hybridized carbons (Fsp3) is 0.375. The Morgan fingerprint density at radius 1 is 0.806 bits per heavy atom. The van der Waals surface area contributed by atoms with Gasteiger partial charge in [-0.2, -0.15) is 0 Å². The first kappa shape index (κ1) is 20.9. The van der Waals surface area contributed by atoms with E-state index in [4.69, 9.17) is 0 Å².